The summed E-state index contributed by atoms with van der Waals surface area (Å²) in [4.78, 5) is 23.1. The van der Waals surface area contributed by atoms with Crippen molar-refractivity contribution >= 4 is 21.6 Å². The Labute approximate surface area is 131 Å². The third kappa shape index (κ3) is 2.80. The van der Waals surface area contributed by atoms with Gasteiger partial charge in [-0.2, -0.15) is 0 Å². The molecular weight excluding hydrogens is 294 g/mol. The molecule has 0 aliphatic carbocycles. The van der Waals surface area contributed by atoms with Crippen LogP contribution in [-0.4, -0.2) is 37.3 Å². The highest BCUT2D eigenvalue weighted by Gasteiger charge is 2.42. The number of carboxylic acids is 1. The van der Waals surface area contributed by atoms with Crippen LogP contribution in [-0.2, 0) is 9.59 Å². The van der Waals surface area contributed by atoms with Gasteiger partial charge in [0.2, 0.25) is 5.91 Å². The fourth-order valence-electron chi connectivity index (χ4n) is 2.87. The van der Waals surface area contributed by atoms with Crippen molar-refractivity contribution < 1.29 is 14.7 Å². The lowest BCUT2D eigenvalue weighted by molar-refractivity contribution is -0.155. The zero-order valence-corrected chi connectivity index (χ0v) is 13.5. The van der Waals surface area contributed by atoms with Crippen LogP contribution in [0.2, 0.25) is 0 Å². The Morgan fingerprint density at radius 3 is 1.95 bits per heavy atom. The standard InChI is InChI=1S/C17H17NO3Si/c19-15-11-14(17(20)21)18(15)22-16(12-7-3-1-4-8-12)13-9-5-2-6-10-13/h1-10,14,16H,11,22H2,(H,20,21)/t14-/m0/s1. The van der Waals surface area contributed by atoms with E-state index in [1.807, 2.05) is 60.7 Å². The molecule has 2 aromatic rings. The number of nitrogens with zero attached hydrogens (tertiary/aromatic N) is 1. The van der Waals surface area contributed by atoms with Crippen LogP contribution in [0.25, 0.3) is 0 Å². The predicted octanol–water partition coefficient (Wildman–Crippen LogP) is 1.55. The molecule has 1 amide bonds. The molecule has 1 fully saturated rings. The van der Waals surface area contributed by atoms with Crippen LogP contribution in [0.1, 0.15) is 23.1 Å². The number of β-lactam (4-membered cyclic amide) rings is 1. The van der Waals surface area contributed by atoms with E-state index in [4.69, 9.17) is 0 Å². The number of carbonyl (C=O) groups excluding carboxylic acids is 1. The molecule has 112 valence electrons. The van der Waals surface area contributed by atoms with Crippen LogP contribution < -0.4 is 0 Å². The summed E-state index contributed by atoms with van der Waals surface area (Å²) < 4.78 is 1.60. The molecule has 0 radical (unpaired) electrons. The topological polar surface area (TPSA) is 57.6 Å². The summed E-state index contributed by atoms with van der Waals surface area (Å²) in [6.07, 6.45) is 0.138. The first-order chi connectivity index (χ1) is 10.7. The number of aliphatic carboxylic acids is 1. The molecule has 4 nitrogen and oxygen atoms in total. The minimum absolute atomic E-state index is 0.0315. The smallest absolute Gasteiger partial charge is 0.326 e. The second-order valence-corrected chi connectivity index (χ2v) is 7.34. The molecule has 1 atom stereocenters. The summed E-state index contributed by atoms with van der Waals surface area (Å²) in [6, 6.07) is 19.4. The Bertz CT molecular complexity index is 635. The van der Waals surface area contributed by atoms with Crippen molar-refractivity contribution in [1.82, 2.24) is 4.57 Å². The fourth-order valence-corrected chi connectivity index (χ4v) is 5.11. The minimum Gasteiger partial charge on any atom is -0.480 e. The minimum atomic E-state index is -1.09. The van der Waals surface area contributed by atoms with Crippen molar-refractivity contribution in [1.29, 1.82) is 0 Å². The lowest BCUT2D eigenvalue weighted by Crippen LogP contribution is -2.59. The Balaban J connectivity index is 1.90. The number of rotatable bonds is 5. The maximum absolute atomic E-state index is 11.8. The zero-order chi connectivity index (χ0) is 15.5. The Hall–Kier alpha value is -2.40. The highest BCUT2D eigenvalue weighted by molar-refractivity contribution is 6.42. The van der Waals surface area contributed by atoms with Crippen molar-refractivity contribution in [2.75, 3.05) is 0 Å². The van der Waals surface area contributed by atoms with E-state index >= 15 is 0 Å². The second kappa shape index (κ2) is 6.15. The van der Waals surface area contributed by atoms with E-state index in [9.17, 15) is 14.7 Å². The maximum Gasteiger partial charge on any atom is 0.326 e. The average molecular weight is 311 g/mol. The molecule has 0 bridgehead atoms. The van der Waals surface area contributed by atoms with Crippen LogP contribution in [0.4, 0.5) is 0 Å². The monoisotopic (exact) mass is 311 g/mol. The quantitative estimate of drug-likeness (QED) is 0.673. The van der Waals surface area contributed by atoms with Crippen molar-refractivity contribution in [2.24, 2.45) is 0 Å². The van der Waals surface area contributed by atoms with Gasteiger partial charge in [-0.1, -0.05) is 60.7 Å². The highest BCUT2D eigenvalue weighted by Crippen LogP contribution is 2.28. The summed E-state index contributed by atoms with van der Waals surface area (Å²) in [6.45, 7) is 0. The van der Waals surface area contributed by atoms with E-state index in [0.717, 1.165) is 11.1 Å². The van der Waals surface area contributed by atoms with Crippen LogP contribution in [0.3, 0.4) is 0 Å². The van der Waals surface area contributed by atoms with E-state index in [-0.39, 0.29) is 17.9 Å². The third-order valence-electron chi connectivity index (χ3n) is 4.13. The van der Waals surface area contributed by atoms with Gasteiger partial charge in [0.25, 0.3) is 0 Å². The Kier molecular flexibility index (Phi) is 4.06. The molecule has 1 N–H and O–H groups in total. The van der Waals surface area contributed by atoms with Crippen molar-refractivity contribution in [2.45, 2.75) is 18.0 Å². The van der Waals surface area contributed by atoms with Gasteiger partial charge in [0.15, 0.2) is 0 Å². The van der Waals surface area contributed by atoms with Gasteiger partial charge in [0, 0.05) is 5.54 Å². The second-order valence-electron chi connectivity index (χ2n) is 5.48. The molecule has 1 aliphatic rings. The predicted molar refractivity (Wildman–Crippen MR) is 86.2 cm³/mol. The molecule has 2 aromatic carbocycles. The maximum atomic E-state index is 11.8. The molecule has 22 heavy (non-hydrogen) atoms. The first-order valence-corrected chi connectivity index (χ1v) is 8.74. The number of benzene rings is 2. The first kappa shape index (κ1) is 14.5. The van der Waals surface area contributed by atoms with Gasteiger partial charge >= 0.3 is 5.97 Å². The van der Waals surface area contributed by atoms with Crippen LogP contribution in [0.15, 0.2) is 60.7 Å². The molecule has 1 heterocycles. The van der Waals surface area contributed by atoms with Crippen molar-refractivity contribution in [3.8, 4) is 0 Å². The van der Waals surface area contributed by atoms with E-state index in [2.05, 4.69) is 0 Å². The summed E-state index contributed by atoms with van der Waals surface area (Å²) in [5, 5.41) is 9.20. The summed E-state index contributed by atoms with van der Waals surface area (Å²) in [5.41, 5.74) is 2.40. The van der Waals surface area contributed by atoms with Crippen LogP contribution in [0, 0.1) is 0 Å². The number of carboxylic acid groups (broad SMARTS) is 1. The zero-order valence-electron chi connectivity index (χ0n) is 12.1. The summed E-state index contributed by atoms with van der Waals surface area (Å²) in [7, 11) is -1.09. The number of hydrogen-bond donors (Lipinski definition) is 1. The largest absolute Gasteiger partial charge is 0.480 e. The van der Waals surface area contributed by atoms with E-state index in [1.165, 1.54) is 0 Å². The molecule has 3 rings (SSSR count). The molecule has 1 aliphatic heterocycles. The van der Waals surface area contributed by atoms with Crippen LogP contribution in [0.5, 0.6) is 0 Å². The fraction of sp³-hybridized carbons (Fsp3) is 0.176. The molecule has 0 saturated carbocycles. The third-order valence-corrected chi connectivity index (χ3v) is 6.63. The normalized spacial score (nSPS) is 18.0. The number of hydrogen-bond acceptors (Lipinski definition) is 2. The molecule has 0 unspecified atom stereocenters. The van der Waals surface area contributed by atoms with Gasteiger partial charge in [-0.05, 0) is 11.1 Å². The van der Waals surface area contributed by atoms with E-state index in [1.54, 1.807) is 4.57 Å². The lowest BCUT2D eigenvalue weighted by Gasteiger charge is -2.40. The van der Waals surface area contributed by atoms with Gasteiger partial charge in [0.1, 0.15) is 15.7 Å². The molecular formula is C17H17NO3Si. The Morgan fingerprint density at radius 1 is 1.05 bits per heavy atom. The summed E-state index contributed by atoms with van der Waals surface area (Å²) in [5.74, 6) is -0.928. The molecule has 0 aromatic heterocycles. The van der Waals surface area contributed by atoms with Crippen LogP contribution >= 0.6 is 0 Å². The lowest BCUT2D eigenvalue weighted by atomic mass is 10.0. The molecule has 1 saturated heterocycles. The average Bonchev–Trinajstić information content (AvgIpc) is 2.54. The number of carbonyl (C=O) groups is 2. The Morgan fingerprint density at radius 2 is 1.55 bits per heavy atom. The van der Waals surface area contributed by atoms with Crippen molar-refractivity contribution in [3.05, 3.63) is 71.8 Å². The van der Waals surface area contributed by atoms with Crippen molar-refractivity contribution in [3.63, 3.8) is 0 Å². The van der Waals surface area contributed by atoms with Gasteiger partial charge in [0.05, 0.1) is 6.42 Å². The highest BCUT2D eigenvalue weighted by atomic mass is 28.2. The van der Waals surface area contributed by atoms with Gasteiger partial charge in [-0.25, -0.2) is 0 Å². The van der Waals surface area contributed by atoms with Gasteiger partial charge in [-0.3, -0.25) is 9.59 Å². The SMILES string of the molecule is O=C(O)[C@@H]1CC(=O)N1[SiH2]C(c1ccccc1)c1ccccc1. The molecule has 0 spiro atoms. The summed E-state index contributed by atoms with van der Waals surface area (Å²) >= 11 is 0. The first-order valence-electron chi connectivity index (χ1n) is 7.29. The van der Waals surface area contributed by atoms with E-state index in [0.29, 0.717) is 0 Å². The number of amides is 1. The van der Waals surface area contributed by atoms with E-state index < -0.39 is 21.7 Å². The van der Waals surface area contributed by atoms with Gasteiger partial charge in [-0.15, -0.1) is 0 Å². The molecule has 5 heteroatoms. The van der Waals surface area contributed by atoms with Gasteiger partial charge < -0.3 is 9.67 Å².